The lowest BCUT2D eigenvalue weighted by molar-refractivity contribution is 0.0230. The summed E-state index contributed by atoms with van der Waals surface area (Å²) in [6.45, 7) is 7.05. The van der Waals surface area contributed by atoms with Gasteiger partial charge in [0.15, 0.2) is 0 Å². The highest BCUT2D eigenvalue weighted by Crippen LogP contribution is 2.15. The predicted molar refractivity (Wildman–Crippen MR) is 63.4 cm³/mol. The number of ether oxygens (including phenoxy) is 1. The number of hydrogen-bond acceptors (Lipinski definition) is 2. The van der Waals surface area contributed by atoms with E-state index in [2.05, 4.69) is 13.8 Å². The smallest absolute Gasteiger partial charge is 0.123 e. The Bertz CT molecular complexity index is 339. The van der Waals surface area contributed by atoms with Gasteiger partial charge >= 0.3 is 0 Å². The van der Waals surface area contributed by atoms with Crippen LogP contribution in [0.25, 0.3) is 0 Å². The molecule has 0 bridgehead atoms. The predicted octanol–water partition coefficient (Wildman–Crippen LogP) is 2.85. The van der Waals surface area contributed by atoms with Gasteiger partial charge in [-0.25, -0.2) is 4.39 Å². The third-order valence-electron chi connectivity index (χ3n) is 2.83. The third kappa shape index (κ3) is 3.58. The van der Waals surface area contributed by atoms with E-state index >= 15 is 0 Å². The Morgan fingerprint density at radius 3 is 2.50 bits per heavy atom. The molecule has 90 valence electrons. The summed E-state index contributed by atoms with van der Waals surface area (Å²) in [7, 11) is 0. The molecule has 0 saturated carbocycles. The summed E-state index contributed by atoms with van der Waals surface area (Å²) in [6, 6.07) is 4.64. The Hall–Kier alpha value is -0.930. The van der Waals surface area contributed by atoms with Gasteiger partial charge in [-0.15, -0.1) is 0 Å². The van der Waals surface area contributed by atoms with Crippen LogP contribution in [0.15, 0.2) is 18.2 Å². The molecule has 0 radical (unpaired) electrons. The first-order valence-corrected chi connectivity index (χ1v) is 5.63. The van der Waals surface area contributed by atoms with Gasteiger partial charge in [-0.2, -0.15) is 0 Å². The summed E-state index contributed by atoms with van der Waals surface area (Å²) in [5.74, 6) is 0.211. The highest BCUT2D eigenvalue weighted by atomic mass is 19.1. The van der Waals surface area contributed by atoms with Crippen molar-refractivity contribution in [2.24, 2.45) is 11.7 Å². The minimum atomic E-state index is -0.243. The molecule has 0 aliphatic heterocycles. The molecule has 2 N–H and O–H groups in total. The zero-order valence-corrected chi connectivity index (χ0v) is 10.2. The first kappa shape index (κ1) is 13.1. The maximum absolute atomic E-state index is 13.1. The standard InChI is InChI=1S/C13H20FNO/c1-9(2)10(3)16-8-12-6-13(14)5-4-11(12)7-15/h4-6,9-10H,7-8,15H2,1-3H3. The van der Waals surface area contributed by atoms with Crippen LogP contribution >= 0.6 is 0 Å². The first-order chi connectivity index (χ1) is 7.54. The number of nitrogens with two attached hydrogens (primary N) is 1. The van der Waals surface area contributed by atoms with Gasteiger partial charge in [-0.1, -0.05) is 19.9 Å². The average Bonchev–Trinajstić information content (AvgIpc) is 2.25. The number of halogens is 1. The van der Waals surface area contributed by atoms with Crippen LogP contribution in [0.1, 0.15) is 31.9 Å². The monoisotopic (exact) mass is 225 g/mol. The van der Waals surface area contributed by atoms with Gasteiger partial charge < -0.3 is 10.5 Å². The minimum Gasteiger partial charge on any atom is -0.374 e. The zero-order chi connectivity index (χ0) is 12.1. The van der Waals surface area contributed by atoms with Gasteiger partial charge in [0.2, 0.25) is 0 Å². The molecule has 0 aromatic heterocycles. The van der Waals surface area contributed by atoms with Crippen LogP contribution in [0, 0.1) is 11.7 Å². The lowest BCUT2D eigenvalue weighted by atomic mass is 10.1. The fourth-order valence-electron chi connectivity index (χ4n) is 1.34. The molecular weight excluding hydrogens is 205 g/mol. The van der Waals surface area contributed by atoms with Crippen molar-refractivity contribution in [3.8, 4) is 0 Å². The SMILES string of the molecule is CC(C)C(C)OCc1cc(F)ccc1CN. The minimum absolute atomic E-state index is 0.161. The lowest BCUT2D eigenvalue weighted by Gasteiger charge is -2.17. The van der Waals surface area contributed by atoms with Gasteiger partial charge in [0.25, 0.3) is 0 Å². The van der Waals surface area contributed by atoms with Crippen molar-refractivity contribution in [1.82, 2.24) is 0 Å². The van der Waals surface area contributed by atoms with Crippen molar-refractivity contribution in [2.75, 3.05) is 0 Å². The van der Waals surface area contributed by atoms with Crippen LogP contribution in [0.3, 0.4) is 0 Å². The fourth-order valence-corrected chi connectivity index (χ4v) is 1.34. The molecular formula is C13H20FNO. The van der Waals surface area contributed by atoms with E-state index in [1.165, 1.54) is 12.1 Å². The molecule has 3 heteroatoms. The molecule has 2 nitrogen and oxygen atoms in total. The van der Waals surface area contributed by atoms with Gasteiger partial charge in [-0.3, -0.25) is 0 Å². The largest absolute Gasteiger partial charge is 0.374 e. The molecule has 0 heterocycles. The van der Waals surface area contributed by atoms with Crippen molar-refractivity contribution in [2.45, 2.75) is 40.0 Å². The molecule has 0 fully saturated rings. The molecule has 1 unspecified atom stereocenters. The molecule has 1 aromatic carbocycles. The summed E-state index contributed by atoms with van der Waals surface area (Å²) < 4.78 is 18.7. The lowest BCUT2D eigenvalue weighted by Crippen LogP contribution is -2.16. The van der Waals surface area contributed by atoms with Gasteiger partial charge in [0, 0.05) is 6.54 Å². The summed E-state index contributed by atoms with van der Waals surface area (Å²) in [6.07, 6.45) is 0.161. The zero-order valence-electron chi connectivity index (χ0n) is 10.2. The van der Waals surface area contributed by atoms with E-state index in [1.807, 2.05) is 6.92 Å². The van der Waals surface area contributed by atoms with Crippen molar-refractivity contribution < 1.29 is 9.13 Å². The van der Waals surface area contributed by atoms with Crippen LogP contribution < -0.4 is 5.73 Å². The summed E-state index contributed by atoms with van der Waals surface area (Å²) in [4.78, 5) is 0. The van der Waals surface area contributed by atoms with Crippen molar-refractivity contribution in [1.29, 1.82) is 0 Å². The highest BCUT2D eigenvalue weighted by Gasteiger charge is 2.09. The second-order valence-electron chi connectivity index (χ2n) is 4.38. The Morgan fingerprint density at radius 2 is 1.94 bits per heavy atom. The van der Waals surface area contributed by atoms with Crippen LogP contribution in [0.4, 0.5) is 4.39 Å². The molecule has 1 atom stereocenters. The molecule has 0 saturated heterocycles. The van der Waals surface area contributed by atoms with Crippen LogP contribution in [0.2, 0.25) is 0 Å². The summed E-state index contributed by atoms with van der Waals surface area (Å²) in [5.41, 5.74) is 7.37. The molecule has 0 amide bonds. The quantitative estimate of drug-likeness (QED) is 0.836. The Kier molecular flexibility index (Phi) is 4.90. The van der Waals surface area contributed by atoms with E-state index in [0.717, 1.165) is 11.1 Å². The number of rotatable bonds is 5. The molecule has 1 aromatic rings. The topological polar surface area (TPSA) is 35.2 Å². The Balaban J connectivity index is 2.68. The van der Waals surface area contributed by atoms with E-state index in [9.17, 15) is 4.39 Å². The Labute approximate surface area is 96.6 Å². The van der Waals surface area contributed by atoms with Crippen LogP contribution in [-0.4, -0.2) is 6.10 Å². The molecule has 0 aliphatic carbocycles. The van der Waals surface area contributed by atoms with Gasteiger partial charge in [-0.05, 0) is 36.1 Å². The summed E-state index contributed by atoms with van der Waals surface area (Å²) >= 11 is 0. The second-order valence-corrected chi connectivity index (χ2v) is 4.38. The number of benzene rings is 1. The molecule has 16 heavy (non-hydrogen) atoms. The van der Waals surface area contributed by atoms with Gasteiger partial charge in [0.05, 0.1) is 12.7 Å². The van der Waals surface area contributed by atoms with Crippen molar-refractivity contribution in [3.63, 3.8) is 0 Å². The number of hydrogen-bond donors (Lipinski definition) is 1. The maximum atomic E-state index is 13.1. The van der Waals surface area contributed by atoms with E-state index < -0.39 is 0 Å². The second kappa shape index (κ2) is 5.97. The highest BCUT2D eigenvalue weighted by molar-refractivity contribution is 5.27. The molecule has 0 spiro atoms. The maximum Gasteiger partial charge on any atom is 0.123 e. The summed E-state index contributed by atoms with van der Waals surface area (Å²) in [5, 5.41) is 0. The normalized spacial score (nSPS) is 13.1. The van der Waals surface area contributed by atoms with E-state index in [4.69, 9.17) is 10.5 Å². The van der Waals surface area contributed by atoms with Crippen LogP contribution in [-0.2, 0) is 17.9 Å². The van der Waals surface area contributed by atoms with Crippen molar-refractivity contribution >= 4 is 0 Å². The molecule has 1 rings (SSSR count). The molecule has 0 aliphatic rings. The van der Waals surface area contributed by atoms with E-state index in [-0.39, 0.29) is 11.9 Å². The third-order valence-corrected chi connectivity index (χ3v) is 2.83. The fraction of sp³-hybridized carbons (Fsp3) is 0.538. The van der Waals surface area contributed by atoms with E-state index in [0.29, 0.717) is 19.1 Å². The van der Waals surface area contributed by atoms with Crippen LogP contribution in [0.5, 0.6) is 0 Å². The first-order valence-electron chi connectivity index (χ1n) is 5.63. The van der Waals surface area contributed by atoms with E-state index in [1.54, 1.807) is 6.07 Å². The average molecular weight is 225 g/mol. The van der Waals surface area contributed by atoms with Gasteiger partial charge in [0.1, 0.15) is 5.82 Å². The Morgan fingerprint density at radius 1 is 1.25 bits per heavy atom. The van der Waals surface area contributed by atoms with Crippen molar-refractivity contribution in [3.05, 3.63) is 35.1 Å².